The number of carbonyl (C=O) groups is 1. The maximum absolute atomic E-state index is 10.8. The van der Waals surface area contributed by atoms with E-state index in [0.717, 1.165) is 11.1 Å². The van der Waals surface area contributed by atoms with E-state index in [1.165, 1.54) is 0 Å². The molecule has 1 atom stereocenters. The lowest BCUT2D eigenvalue weighted by Gasteiger charge is -2.17. The van der Waals surface area contributed by atoms with Crippen molar-refractivity contribution in [2.45, 2.75) is 39.2 Å². The van der Waals surface area contributed by atoms with Crippen molar-refractivity contribution in [3.63, 3.8) is 0 Å². The zero-order chi connectivity index (χ0) is 13.7. The topological polar surface area (TPSA) is 72.5 Å². The first-order valence-corrected chi connectivity index (χ1v) is 6.19. The van der Waals surface area contributed by atoms with Crippen LogP contribution in [0.2, 0.25) is 0 Å². The Labute approximate surface area is 108 Å². The van der Waals surface area contributed by atoms with Crippen LogP contribution in [0, 0.1) is 0 Å². The van der Waals surface area contributed by atoms with Crippen LogP contribution in [0.3, 0.4) is 0 Å². The summed E-state index contributed by atoms with van der Waals surface area (Å²) >= 11 is 0. The predicted octanol–water partition coefficient (Wildman–Crippen LogP) is 2.68. The molecule has 0 fully saturated rings. The van der Waals surface area contributed by atoms with Gasteiger partial charge in [0.15, 0.2) is 0 Å². The van der Waals surface area contributed by atoms with Gasteiger partial charge in [-0.05, 0) is 24.5 Å². The first kappa shape index (κ1) is 14.5. The van der Waals surface area contributed by atoms with E-state index in [9.17, 15) is 4.79 Å². The van der Waals surface area contributed by atoms with Gasteiger partial charge in [-0.15, -0.1) is 0 Å². The molecular weight excluding hydrogens is 230 g/mol. The van der Waals surface area contributed by atoms with Crippen molar-refractivity contribution in [3.05, 3.63) is 29.3 Å². The van der Waals surface area contributed by atoms with Gasteiger partial charge in [0.2, 0.25) is 0 Å². The summed E-state index contributed by atoms with van der Waals surface area (Å²) in [5, 5.41) is 8.82. The van der Waals surface area contributed by atoms with E-state index < -0.39 is 12.0 Å². The van der Waals surface area contributed by atoms with Crippen molar-refractivity contribution in [3.8, 4) is 5.75 Å². The molecule has 0 saturated carbocycles. The Balaban J connectivity index is 3.09. The SMILES string of the molecule is CCOc1ccc(C(C)C)cc1C(N)CC(=O)O. The molecule has 4 nitrogen and oxygen atoms in total. The Morgan fingerprint density at radius 1 is 1.44 bits per heavy atom. The molecule has 100 valence electrons. The fourth-order valence-electron chi connectivity index (χ4n) is 1.80. The van der Waals surface area contributed by atoms with Crippen molar-refractivity contribution in [1.82, 2.24) is 0 Å². The van der Waals surface area contributed by atoms with E-state index in [4.69, 9.17) is 15.6 Å². The highest BCUT2D eigenvalue weighted by Gasteiger charge is 2.16. The number of hydrogen-bond donors (Lipinski definition) is 2. The van der Waals surface area contributed by atoms with E-state index in [-0.39, 0.29) is 6.42 Å². The lowest BCUT2D eigenvalue weighted by molar-refractivity contribution is -0.137. The minimum Gasteiger partial charge on any atom is -0.494 e. The number of carboxylic acid groups (broad SMARTS) is 1. The normalized spacial score (nSPS) is 12.5. The van der Waals surface area contributed by atoms with Crippen LogP contribution in [-0.2, 0) is 4.79 Å². The van der Waals surface area contributed by atoms with Crippen molar-refractivity contribution in [2.24, 2.45) is 5.73 Å². The molecule has 1 unspecified atom stereocenters. The van der Waals surface area contributed by atoms with Gasteiger partial charge in [-0.3, -0.25) is 4.79 Å². The second-order valence-corrected chi connectivity index (χ2v) is 4.59. The van der Waals surface area contributed by atoms with Crippen molar-refractivity contribution >= 4 is 5.97 Å². The number of rotatable bonds is 6. The fraction of sp³-hybridized carbons (Fsp3) is 0.500. The Bertz CT molecular complexity index is 416. The van der Waals surface area contributed by atoms with Crippen LogP contribution >= 0.6 is 0 Å². The average Bonchev–Trinajstić information content (AvgIpc) is 2.28. The van der Waals surface area contributed by atoms with Crippen LogP contribution in [0.25, 0.3) is 0 Å². The Morgan fingerprint density at radius 2 is 2.11 bits per heavy atom. The molecule has 0 saturated heterocycles. The van der Waals surface area contributed by atoms with E-state index in [1.54, 1.807) is 0 Å². The summed E-state index contributed by atoms with van der Waals surface area (Å²) in [4.78, 5) is 10.8. The van der Waals surface area contributed by atoms with Gasteiger partial charge in [0.1, 0.15) is 5.75 Å². The molecule has 0 amide bonds. The molecule has 0 spiro atoms. The summed E-state index contributed by atoms with van der Waals surface area (Å²) in [7, 11) is 0. The number of benzene rings is 1. The summed E-state index contributed by atoms with van der Waals surface area (Å²) < 4.78 is 5.50. The van der Waals surface area contributed by atoms with E-state index in [0.29, 0.717) is 18.3 Å². The molecule has 3 N–H and O–H groups in total. The molecule has 0 bridgehead atoms. The molecule has 1 rings (SSSR count). The second kappa shape index (κ2) is 6.40. The summed E-state index contributed by atoms with van der Waals surface area (Å²) in [6.07, 6.45) is -0.0956. The van der Waals surface area contributed by atoms with Crippen LogP contribution in [-0.4, -0.2) is 17.7 Å². The first-order valence-electron chi connectivity index (χ1n) is 6.19. The second-order valence-electron chi connectivity index (χ2n) is 4.59. The van der Waals surface area contributed by atoms with Gasteiger partial charge in [-0.1, -0.05) is 26.0 Å². The molecule has 0 aliphatic carbocycles. The zero-order valence-electron chi connectivity index (χ0n) is 11.1. The predicted molar refractivity (Wildman–Crippen MR) is 70.9 cm³/mol. The minimum atomic E-state index is -0.903. The van der Waals surface area contributed by atoms with Gasteiger partial charge in [0, 0.05) is 11.6 Å². The van der Waals surface area contributed by atoms with E-state index >= 15 is 0 Å². The highest BCUT2D eigenvalue weighted by molar-refractivity contribution is 5.68. The standard InChI is InChI=1S/C14H21NO3/c1-4-18-13-6-5-10(9(2)3)7-11(13)12(15)8-14(16)17/h5-7,9,12H,4,8,15H2,1-3H3,(H,16,17). The maximum atomic E-state index is 10.8. The highest BCUT2D eigenvalue weighted by Crippen LogP contribution is 2.29. The monoisotopic (exact) mass is 251 g/mol. The van der Waals surface area contributed by atoms with Crippen LogP contribution in [0.15, 0.2) is 18.2 Å². The largest absolute Gasteiger partial charge is 0.494 e. The number of ether oxygens (including phenoxy) is 1. The lowest BCUT2D eigenvalue weighted by Crippen LogP contribution is -2.16. The quantitative estimate of drug-likeness (QED) is 0.815. The average molecular weight is 251 g/mol. The zero-order valence-corrected chi connectivity index (χ0v) is 11.1. The van der Waals surface area contributed by atoms with Crippen molar-refractivity contribution in [1.29, 1.82) is 0 Å². The van der Waals surface area contributed by atoms with Crippen molar-refractivity contribution in [2.75, 3.05) is 6.61 Å². The van der Waals surface area contributed by atoms with Gasteiger partial charge in [-0.25, -0.2) is 0 Å². The Hall–Kier alpha value is -1.55. The first-order chi connectivity index (χ1) is 8.45. The molecule has 0 heterocycles. The van der Waals surface area contributed by atoms with E-state index in [1.807, 2.05) is 25.1 Å². The van der Waals surface area contributed by atoms with Crippen LogP contribution in [0.1, 0.15) is 50.3 Å². The highest BCUT2D eigenvalue weighted by atomic mass is 16.5. The fourth-order valence-corrected chi connectivity index (χ4v) is 1.80. The number of aliphatic carboxylic acids is 1. The molecule has 0 aliphatic rings. The molecule has 0 aliphatic heterocycles. The van der Waals surface area contributed by atoms with Crippen LogP contribution < -0.4 is 10.5 Å². The molecule has 1 aromatic carbocycles. The third-order valence-corrected chi connectivity index (χ3v) is 2.79. The summed E-state index contributed by atoms with van der Waals surface area (Å²) in [6, 6.07) is 5.27. The number of hydrogen-bond acceptors (Lipinski definition) is 3. The van der Waals surface area contributed by atoms with Gasteiger partial charge in [0.25, 0.3) is 0 Å². The van der Waals surface area contributed by atoms with Gasteiger partial charge in [0.05, 0.1) is 13.0 Å². The Kier molecular flexibility index (Phi) is 5.16. The maximum Gasteiger partial charge on any atom is 0.305 e. The molecule has 4 heteroatoms. The van der Waals surface area contributed by atoms with Gasteiger partial charge < -0.3 is 15.6 Å². The molecule has 1 aromatic rings. The van der Waals surface area contributed by atoms with Crippen LogP contribution in [0.5, 0.6) is 5.75 Å². The summed E-state index contributed by atoms with van der Waals surface area (Å²) in [6.45, 7) is 6.60. The third-order valence-electron chi connectivity index (χ3n) is 2.79. The lowest BCUT2D eigenvalue weighted by atomic mass is 9.96. The molecule has 0 aromatic heterocycles. The third kappa shape index (κ3) is 3.74. The molecular formula is C14H21NO3. The van der Waals surface area contributed by atoms with E-state index in [2.05, 4.69) is 13.8 Å². The van der Waals surface area contributed by atoms with Gasteiger partial charge >= 0.3 is 5.97 Å². The summed E-state index contributed by atoms with van der Waals surface area (Å²) in [5.74, 6) is 0.145. The number of carboxylic acids is 1. The minimum absolute atomic E-state index is 0.0956. The molecule has 0 radical (unpaired) electrons. The molecule has 18 heavy (non-hydrogen) atoms. The summed E-state index contributed by atoms with van der Waals surface area (Å²) in [5.41, 5.74) is 7.84. The smallest absolute Gasteiger partial charge is 0.305 e. The van der Waals surface area contributed by atoms with Crippen molar-refractivity contribution < 1.29 is 14.6 Å². The Morgan fingerprint density at radius 3 is 2.61 bits per heavy atom. The number of nitrogens with two attached hydrogens (primary N) is 1. The van der Waals surface area contributed by atoms with Crippen LogP contribution in [0.4, 0.5) is 0 Å². The van der Waals surface area contributed by atoms with Gasteiger partial charge in [-0.2, -0.15) is 0 Å².